The summed E-state index contributed by atoms with van der Waals surface area (Å²) in [6, 6.07) is 0.368. The highest BCUT2D eigenvalue weighted by atomic mass is 32.1. The van der Waals surface area contributed by atoms with Crippen LogP contribution in [0.25, 0.3) is 0 Å². The lowest BCUT2D eigenvalue weighted by molar-refractivity contribution is 0.455. The molecule has 0 bridgehead atoms. The van der Waals surface area contributed by atoms with Crippen molar-refractivity contribution < 1.29 is 0 Å². The molecule has 2 atom stereocenters. The zero-order valence-electron chi connectivity index (χ0n) is 5.01. The van der Waals surface area contributed by atoms with E-state index in [0.29, 0.717) is 11.3 Å². The van der Waals surface area contributed by atoms with Crippen molar-refractivity contribution in [1.29, 1.82) is 0 Å². The number of rotatable bonds is 0. The summed E-state index contributed by atoms with van der Waals surface area (Å²) in [6.45, 7) is 0. The van der Waals surface area contributed by atoms with E-state index in [1.54, 1.807) is 0 Å². The van der Waals surface area contributed by atoms with Crippen LogP contribution in [0.2, 0.25) is 0 Å². The van der Waals surface area contributed by atoms with Gasteiger partial charge in [0.25, 0.3) is 0 Å². The first kappa shape index (κ1) is 6.43. The molecule has 0 spiro atoms. The monoisotopic (exact) mass is 131 g/mol. The average Bonchev–Trinajstić information content (AvgIpc) is 1.77. The second-order valence-corrected chi connectivity index (χ2v) is 3.18. The van der Waals surface area contributed by atoms with E-state index in [9.17, 15) is 0 Å². The van der Waals surface area contributed by atoms with E-state index < -0.39 is 0 Å². The number of hydrogen-bond donors (Lipinski definition) is 2. The molecule has 2 heteroatoms. The fourth-order valence-electron chi connectivity index (χ4n) is 1.14. The maximum Gasteiger partial charge on any atom is 0.0168 e. The Bertz CT molecular complexity index is 64.9. The Hall–Kier alpha value is 0.310. The molecular formula is C6H13NS. The van der Waals surface area contributed by atoms with Crippen molar-refractivity contribution in [2.75, 3.05) is 0 Å². The van der Waals surface area contributed by atoms with Crippen LogP contribution >= 0.6 is 12.6 Å². The maximum atomic E-state index is 5.70. The largest absolute Gasteiger partial charge is 0.327 e. The van der Waals surface area contributed by atoms with Gasteiger partial charge in [-0.05, 0) is 12.8 Å². The topological polar surface area (TPSA) is 26.0 Å². The number of hydrogen-bond acceptors (Lipinski definition) is 2. The van der Waals surface area contributed by atoms with E-state index in [0.717, 1.165) is 0 Å². The molecule has 0 radical (unpaired) electrons. The molecule has 1 aliphatic rings. The highest BCUT2D eigenvalue weighted by molar-refractivity contribution is 7.81. The lowest BCUT2D eigenvalue weighted by Gasteiger charge is -2.23. The smallest absolute Gasteiger partial charge is 0.0168 e. The molecule has 0 heterocycles. The summed E-state index contributed by atoms with van der Waals surface area (Å²) in [5.41, 5.74) is 5.70. The van der Waals surface area contributed by atoms with Gasteiger partial charge in [0.05, 0.1) is 0 Å². The third-order valence-electron chi connectivity index (χ3n) is 1.78. The summed E-state index contributed by atoms with van der Waals surface area (Å²) in [7, 11) is 0. The predicted octanol–water partition coefficient (Wildman–Crippen LogP) is 1.19. The molecule has 0 aromatic rings. The molecule has 1 saturated carbocycles. The molecule has 1 rings (SSSR count). The molecule has 2 unspecified atom stereocenters. The first-order valence-electron chi connectivity index (χ1n) is 3.24. The predicted molar refractivity (Wildman–Crippen MR) is 39.2 cm³/mol. The molecule has 0 saturated heterocycles. The van der Waals surface area contributed by atoms with Gasteiger partial charge in [0, 0.05) is 11.3 Å². The third-order valence-corrected chi connectivity index (χ3v) is 2.42. The maximum absolute atomic E-state index is 5.70. The van der Waals surface area contributed by atoms with Crippen LogP contribution in [0.4, 0.5) is 0 Å². The van der Waals surface area contributed by atoms with Crippen LogP contribution in [0.1, 0.15) is 25.7 Å². The summed E-state index contributed by atoms with van der Waals surface area (Å²) in [6.07, 6.45) is 5.01. The minimum absolute atomic E-state index is 0.368. The lowest BCUT2D eigenvalue weighted by Crippen LogP contribution is -2.33. The zero-order chi connectivity index (χ0) is 5.98. The van der Waals surface area contributed by atoms with Crippen molar-refractivity contribution in [2.24, 2.45) is 5.73 Å². The molecule has 0 aromatic carbocycles. The van der Waals surface area contributed by atoms with E-state index in [4.69, 9.17) is 5.73 Å². The van der Waals surface area contributed by atoms with Crippen molar-refractivity contribution in [3.63, 3.8) is 0 Å². The van der Waals surface area contributed by atoms with Crippen molar-refractivity contribution in [3.8, 4) is 0 Å². The van der Waals surface area contributed by atoms with Gasteiger partial charge in [-0.2, -0.15) is 12.6 Å². The molecule has 1 aliphatic carbocycles. The van der Waals surface area contributed by atoms with E-state index in [1.165, 1.54) is 25.7 Å². The molecule has 0 aliphatic heterocycles. The van der Waals surface area contributed by atoms with Gasteiger partial charge < -0.3 is 5.73 Å². The van der Waals surface area contributed by atoms with E-state index in [1.807, 2.05) is 0 Å². The minimum Gasteiger partial charge on any atom is -0.327 e. The summed E-state index contributed by atoms with van der Waals surface area (Å²) in [5, 5.41) is 0.476. The molecule has 0 aromatic heterocycles. The Morgan fingerprint density at radius 1 is 1.25 bits per heavy atom. The van der Waals surface area contributed by atoms with E-state index >= 15 is 0 Å². The average molecular weight is 131 g/mol. The summed E-state index contributed by atoms with van der Waals surface area (Å²) in [4.78, 5) is 0. The third kappa shape index (κ3) is 1.39. The SMILES string of the molecule is NC1CCCCC1S. The van der Waals surface area contributed by atoms with Gasteiger partial charge in [0.2, 0.25) is 0 Å². The summed E-state index contributed by atoms with van der Waals surface area (Å²) in [5.74, 6) is 0. The van der Waals surface area contributed by atoms with Gasteiger partial charge >= 0.3 is 0 Å². The van der Waals surface area contributed by atoms with Crippen LogP contribution in [0.3, 0.4) is 0 Å². The van der Waals surface area contributed by atoms with Crippen LogP contribution < -0.4 is 5.73 Å². The van der Waals surface area contributed by atoms with Gasteiger partial charge in [-0.15, -0.1) is 0 Å². The van der Waals surface area contributed by atoms with Crippen LogP contribution in [0.15, 0.2) is 0 Å². The normalized spacial score (nSPS) is 39.8. The fraction of sp³-hybridized carbons (Fsp3) is 1.00. The molecule has 8 heavy (non-hydrogen) atoms. The summed E-state index contributed by atoms with van der Waals surface area (Å²) >= 11 is 4.33. The van der Waals surface area contributed by atoms with Gasteiger partial charge in [0.1, 0.15) is 0 Å². The first-order chi connectivity index (χ1) is 3.80. The van der Waals surface area contributed by atoms with Gasteiger partial charge in [-0.1, -0.05) is 12.8 Å². The Labute approximate surface area is 56.1 Å². The molecule has 1 nitrogen and oxygen atoms in total. The Kier molecular flexibility index (Phi) is 2.20. The quantitative estimate of drug-likeness (QED) is 0.474. The van der Waals surface area contributed by atoms with Crippen molar-refractivity contribution in [1.82, 2.24) is 0 Å². The van der Waals surface area contributed by atoms with Crippen LogP contribution in [-0.4, -0.2) is 11.3 Å². The Balaban J connectivity index is 2.28. The highest BCUT2D eigenvalue weighted by Crippen LogP contribution is 2.20. The standard InChI is InChI=1S/C6H13NS/c7-5-3-1-2-4-6(5)8/h5-6,8H,1-4,7H2. The van der Waals surface area contributed by atoms with Crippen molar-refractivity contribution in [2.45, 2.75) is 37.0 Å². The van der Waals surface area contributed by atoms with Crippen LogP contribution in [-0.2, 0) is 0 Å². The molecular weight excluding hydrogens is 118 g/mol. The molecule has 1 fully saturated rings. The fourth-order valence-corrected chi connectivity index (χ4v) is 1.47. The van der Waals surface area contributed by atoms with Crippen LogP contribution in [0, 0.1) is 0 Å². The number of nitrogens with two attached hydrogens (primary N) is 1. The molecule has 0 amide bonds. The number of thiol groups is 1. The second-order valence-electron chi connectivity index (χ2n) is 2.52. The van der Waals surface area contributed by atoms with Gasteiger partial charge in [0.15, 0.2) is 0 Å². The van der Waals surface area contributed by atoms with Gasteiger partial charge in [-0.3, -0.25) is 0 Å². The minimum atomic E-state index is 0.368. The van der Waals surface area contributed by atoms with E-state index in [2.05, 4.69) is 12.6 Å². The molecule has 2 N–H and O–H groups in total. The zero-order valence-corrected chi connectivity index (χ0v) is 5.90. The van der Waals surface area contributed by atoms with E-state index in [-0.39, 0.29) is 0 Å². The molecule has 48 valence electrons. The first-order valence-corrected chi connectivity index (χ1v) is 3.76. The van der Waals surface area contributed by atoms with Crippen molar-refractivity contribution in [3.05, 3.63) is 0 Å². The van der Waals surface area contributed by atoms with Gasteiger partial charge in [-0.25, -0.2) is 0 Å². The second kappa shape index (κ2) is 2.74. The Morgan fingerprint density at radius 3 is 2.25 bits per heavy atom. The summed E-state index contributed by atoms with van der Waals surface area (Å²) < 4.78 is 0. The highest BCUT2D eigenvalue weighted by Gasteiger charge is 2.16. The lowest BCUT2D eigenvalue weighted by atomic mass is 9.96. The van der Waals surface area contributed by atoms with Crippen LogP contribution in [0.5, 0.6) is 0 Å². The van der Waals surface area contributed by atoms with Crippen molar-refractivity contribution >= 4 is 12.6 Å². The Morgan fingerprint density at radius 2 is 1.88 bits per heavy atom.